The Bertz CT molecular complexity index is 1200. The molecule has 0 atom stereocenters. The number of piperidine rings is 1. The van der Waals surface area contributed by atoms with E-state index in [4.69, 9.17) is 13.9 Å². The summed E-state index contributed by atoms with van der Waals surface area (Å²) in [4.78, 5) is 38.0. The molecule has 188 valence electrons. The average Bonchev–Trinajstić information content (AvgIpc) is 3.39. The third kappa shape index (κ3) is 6.26. The number of carbonyl (C=O) groups excluding carboxylic acids is 3. The molecule has 36 heavy (non-hydrogen) atoms. The average molecular weight is 493 g/mol. The van der Waals surface area contributed by atoms with E-state index in [9.17, 15) is 14.4 Å². The molecule has 1 aliphatic rings. The lowest BCUT2D eigenvalue weighted by molar-refractivity contribution is -0.125. The number of aryl methyl sites for hydroxylation is 1. The van der Waals surface area contributed by atoms with Crippen LogP contribution in [0.15, 0.2) is 52.9 Å². The van der Waals surface area contributed by atoms with Gasteiger partial charge >= 0.3 is 12.1 Å². The van der Waals surface area contributed by atoms with Crippen LogP contribution >= 0.6 is 0 Å². The fourth-order valence-corrected chi connectivity index (χ4v) is 3.81. The minimum atomic E-state index is -0.611. The van der Waals surface area contributed by atoms with Gasteiger partial charge in [0.1, 0.15) is 0 Å². The third-order valence-electron chi connectivity index (χ3n) is 5.81. The van der Waals surface area contributed by atoms with Crippen LogP contribution in [-0.4, -0.2) is 65.4 Å². The lowest BCUT2D eigenvalue weighted by Crippen LogP contribution is -2.47. The second kappa shape index (κ2) is 11.5. The molecule has 1 aromatic heterocycles. The zero-order valence-electron chi connectivity index (χ0n) is 20.2. The number of benzene rings is 2. The summed E-state index contributed by atoms with van der Waals surface area (Å²) in [6.07, 6.45) is 0.885. The zero-order chi connectivity index (χ0) is 25.5. The molecule has 1 saturated heterocycles. The number of rotatable bonds is 7. The number of likely N-dealkylation sites (tertiary alicyclic amines) is 1. The van der Waals surface area contributed by atoms with Crippen molar-refractivity contribution >= 4 is 18.0 Å². The van der Waals surface area contributed by atoms with E-state index in [-0.39, 0.29) is 24.6 Å². The summed E-state index contributed by atoms with van der Waals surface area (Å²) in [5.41, 5.74) is 2.91. The summed E-state index contributed by atoms with van der Waals surface area (Å²) < 4.78 is 15.9. The van der Waals surface area contributed by atoms with E-state index in [0.29, 0.717) is 55.4 Å². The Morgan fingerprint density at radius 1 is 0.944 bits per heavy atom. The van der Waals surface area contributed by atoms with Gasteiger partial charge in [0.05, 0.1) is 12.2 Å². The normalized spacial score (nSPS) is 13.8. The fraction of sp³-hybridized carbons (Fsp3) is 0.346. The van der Waals surface area contributed by atoms with Crippen LogP contribution in [0, 0.1) is 6.92 Å². The summed E-state index contributed by atoms with van der Waals surface area (Å²) in [7, 11) is 0. The largest absolute Gasteiger partial charge is 0.452 e. The van der Waals surface area contributed by atoms with Gasteiger partial charge in [-0.1, -0.05) is 17.7 Å². The number of aromatic nitrogens is 2. The Morgan fingerprint density at radius 3 is 2.11 bits per heavy atom. The molecule has 2 aromatic carbocycles. The first kappa shape index (κ1) is 24.9. The van der Waals surface area contributed by atoms with Crippen molar-refractivity contribution in [3.63, 3.8) is 0 Å². The molecule has 0 bridgehead atoms. The van der Waals surface area contributed by atoms with Gasteiger partial charge in [-0.3, -0.25) is 4.79 Å². The SMILES string of the molecule is CCOC(=O)N1CCC(NC(=O)COC(=O)c2ccc(-c3nnc(-c4ccc(C)cc4)o3)cc2)CC1. The number of nitrogens with one attached hydrogen (secondary N) is 1. The van der Waals surface area contributed by atoms with Crippen molar-refractivity contribution in [3.05, 3.63) is 59.7 Å². The van der Waals surface area contributed by atoms with E-state index in [1.54, 1.807) is 36.1 Å². The maximum absolute atomic E-state index is 12.4. The van der Waals surface area contributed by atoms with E-state index < -0.39 is 5.97 Å². The Hall–Kier alpha value is -4.21. The molecule has 1 N–H and O–H groups in total. The van der Waals surface area contributed by atoms with E-state index in [1.807, 2.05) is 31.2 Å². The van der Waals surface area contributed by atoms with E-state index >= 15 is 0 Å². The van der Waals surface area contributed by atoms with Crippen LogP contribution in [0.4, 0.5) is 4.79 Å². The molecule has 0 saturated carbocycles. The number of ether oxygens (including phenoxy) is 2. The van der Waals surface area contributed by atoms with Crippen LogP contribution in [0.25, 0.3) is 22.9 Å². The molecule has 0 unspecified atom stereocenters. The van der Waals surface area contributed by atoms with Crippen LogP contribution in [0.3, 0.4) is 0 Å². The van der Waals surface area contributed by atoms with E-state index in [1.165, 1.54) is 0 Å². The topological polar surface area (TPSA) is 124 Å². The molecule has 2 amide bonds. The molecular weight excluding hydrogens is 464 g/mol. The molecule has 0 radical (unpaired) electrons. The summed E-state index contributed by atoms with van der Waals surface area (Å²) >= 11 is 0. The summed E-state index contributed by atoms with van der Waals surface area (Å²) in [6, 6.07) is 14.2. The van der Waals surface area contributed by atoms with Gasteiger partial charge in [0.25, 0.3) is 5.91 Å². The second-order valence-corrected chi connectivity index (χ2v) is 8.46. The van der Waals surface area contributed by atoms with Crippen LogP contribution in [0.1, 0.15) is 35.7 Å². The first-order valence-electron chi connectivity index (χ1n) is 11.8. The van der Waals surface area contributed by atoms with E-state index in [0.717, 1.165) is 11.1 Å². The monoisotopic (exact) mass is 492 g/mol. The highest BCUT2D eigenvalue weighted by atomic mass is 16.6. The Kier molecular flexibility index (Phi) is 7.94. The highest BCUT2D eigenvalue weighted by Gasteiger charge is 2.25. The first-order chi connectivity index (χ1) is 17.4. The Labute approximate surface area is 208 Å². The van der Waals surface area contributed by atoms with Crippen LogP contribution in [0.2, 0.25) is 0 Å². The van der Waals surface area contributed by atoms with Crippen molar-refractivity contribution in [2.45, 2.75) is 32.7 Å². The molecular formula is C26H28N4O6. The second-order valence-electron chi connectivity index (χ2n) is 8.46. The zero-order valence-corrected chi connectivity index (χ0v) is 20.2. The van der Waals surface area contributed by atoms with Gasteiger partial charge in [-0.05, 0) is 63.1 Å². The lowest BCUT2D eigenvalue weighted by Gasteiger charge is -2.31. The van der Waals surface area contributed by atoms with Crippen molar-refractivity contribution in [3.8, 4) is 22.9 Å². The molecule has 3 aromatic rings. The van der Waals surface area contributed by atoms with Gasteiger partial charge in [0.15, 0.2) is 6.61 Å². The van der Waals surface area contributed by atoms with Crippen molar-refractivity contribution in [1.82, 2.24) is 20.4 Å². The molecule has 2 heterocycles. The van der Waals surface area contributed by atoms with Gasteiger partial charge < -0.3 is 24.1 Å². The maximum atomic E-state index is 12.4. The van der Waals surface area contributed by atoms with Crippen molar-refractivity contribution in [2.75, 3.05) is 26.3 Å². The lowest BCUT2D eigenvalue weighted by atomic mass is 10.1. The van der Waals surface area contributed by atoms with Crippen LogP contribution in [0.5, 0.6) is 0 Å². The standard InChI is InChI=1S/C26H28N4O6/c1-3-34-26(33)30-14-12-21(13-15-30)27-22(31)16-35-25(32)20-10-8-19(9-11-20)24-29-28-23(36-24)18-6-4-17(2)5-7-18/h4-11,21H,3,12-16H2,1-2H3,(H,27,31). The first-order valence-corrected chi connectivity index (χ1v) is 11.8. The van der Waals surface area contributed by atoms with Crippen LogP contribution in [-0.2, 0) is 14.3 Å². The predicted molar refractivity (Wildman–Crippen MR) is 130 cm³/mol. The Balaban J connectivity index is 1.24. The van der Waals surface area contributed by atoms with Gasteiger partial charge in [-0.2, -0.15) is 0 Å². The van der Waals surface area contributed by atoms with Crippen molar-refractivity contribution in [2.24, 2.45) is 0 Å². The number of nitrogens with zero attached hydrogens (tertiary/aromatic N) is 3. The number of amides is 2. The van der Waals surface area contributed by atoms with E-state index in [2.05, 4.69) is 15.5 Å². The summed E-state index contributed by atoms with van der Waals surface area (Å²) in [6.45, 7) is 4.71. The third-order valence-corrected chi connectivity index (χ3v) is 5.81. The molecule has 1 aliphatic heterocycles. The number of hydrogen-bond acceptors (Lipinski definition) is 8. The molecule has 0 aliphatic carbocycles. The fourth-order valence-electron chi connectivity index (χ4n) is 3.81. The van der Waals surface area contributed by atoms with Crippen LogP contribution < -0.4 is 5.32 Å². The maximum Gasteiger partial charge on any atom is 0.409 e. The quantitative estimate of drug-likeness (QED) is 0.496. The van der Waals surface area contributed by atoms with Gasteiger partial charge in [0.2, 0.25) is 11.8 Å². The molecule has 10 nitrogen and oxygen atoms in total. The number of hydrogen-bond donors (Lipinski definition) is 1. The predicted octanol–water partition coefficient (Wildman–Crippen LogP) is 3.61. The summed E-state index contributed by atoms with van der Waals surface area (Å²) in [5.74, 6) is -0.256. The van der Waals surface area contributed by atoms with Gasteiger partial charge in [-0.25, -0.2) is 9.59 Å². The minimum absolute atomic E-state index is 0.0830. The smallest absolute Gasteiger partial charge is 0.409 e. The van der Waals surface area contributed by atoms with Crippen molar-refractivity contribution < 1.29 is 28.3 Å². The molecule has 1 fully saturated rings. The van der Waals surface area contributed by atoms with Gasteiger partial charge in [0, 0.05) is 30.3 Å². The molecule has 10 heteroatoms. The highest BCUT2D eigenvalue weighted by Crippen LogP contribution is 2.24. The minimum Gasteiger partial charge on any atom is -0.452 e. The highest BCUT2D eigenvalue weighted by molar-refractivity contribution is 5.91. The number of esters is 1. The molecule has 4 rings (SSSR count). The van der Waals surface area contributed by atoms with Crippen molar-refractivity contribution in [1.29, 1.82) is 0 Å². The molecule has 0 spiro atoms. The van der Waals surface area contributed by atoms with Gasteiger partial charge in [-0.15, -0.1) is 10.2 Å². The number of carbonyl (C=O) groups is 3. The Morgan fingerprint density at radius 2 is 1.53 bits per heavy atom. The summed E-state index contributed by atoms with van der Waals surface area (Å²) in [5, 5.41) is 11.0.